The zero-order valence-electron chi connectivity index (χ0n) is 13.6. The number of amides is 1. The lowest BCUT2D eigenvalue weighted by Gasteiger charge is -2.18. The molecule has 0 radical (unpaired) electrons. The zero-order valence-corrected chi connectivity index (χ0v) is 14.4. The second-order valence-electron chi connectivity index (χ2n) is 5.66. The molecule has 0 aliphatic heterocycles. The average Bonchev–Trinajstić information content (AvgIpc) is 3.16. The van der Waals surface area contributed by atoms with Crippen LogP contribution in [-0.4, -0.2) is 10.9 Å². The zero-order chi connectivity index (χ0) is 16.8. The summed E-state index contributed by atoms with van der Waals surface area (Å²) in [5.74, 6) is -0.112. The van der Waals surface area contributed by atoms with E-state index in [9.17, 15) is 4.79 Å². The molecular formula is C20H20N2OS. The van der Waals surface area contributed by atoms with Crippen molar-refractivity contribution in [2.75, 3.05) is 0 Å². The van der Waals surface area contributed by atoms with E-state index >= 15 is 0 Å². The summed E-state index contributed by atoms with van der Waals surface area (Å²) in [6, 6.07) is 16.0. The van der Waals surface area contributed by atoms with Gasteiger partial charge in [0.2, 0.25) is 0 Å². The molecular weight excluding hydrogens is 316 g/mol. The third kappa shape index (κ3) is 3.89. The van der Waals surface area contributed by atoms with E-state index in [4.69, 9.17) is 0 Å². The number of aryl methyl sites for hydroxylation is 1. The minimum absolute atomic E-state index is 0.112. The summed E-state index contributed by atoms with van der Waals surface area (Å²) in [7, 11) is 0. The van der Waals surface area contributed by atoms with E-state index in [2.05, 4.69) is 47.6 Å². The van der Waals surface area contributed by atoms with Gasteiger partial charge in [0, 0.05) is 17.3 Å². The highest BCUT2D eigenvalue weighted by Crippen LogP contribution is 2.27. The van der Waals surface area contributed by atoms with Crippen molar-refractivity contribution < 1.29 is 4.79 Å². The summed E-state index contributed by atoms with van der Waals surface area (Å²) in [6.07, 6.45) is 5.46. The third-order valence-electron chi connectivity index (χ3n) is 3.88. The van der Waals surface area contributed by atoms with Crippen LogP contribution in [0.4, 0.5) is 0 Å². The van der Waals surface area contributed by atoms with Gasteiger partial charge in [0.25, 0.3) is 5.91 Å². The molecule has 0 aliphatic rings. The molecule has 0 bridgehead atoms. The van der Waals surface area contributed by atoms with Gasteiger partial charge in [0.1, 0.15) is 0 Å². The molecule has 122 valence electrons. The molecule has 3 nitrogen and oxygen atoms in total. The van der Waals surface area contributed by atoms with E-state index in [0.29, 0.717) is 5.56 Å². The molecule has 0 fully saturated rings. The predicted octanol–water partition coefficient (Wildman–Crippen LogP) is 4.62. The van der Waals surface area contributed by atoms with E-state index in [1.54, 1.807) is 35.9 Å². The van der Waals surface area contributed by atoms with Gasteiger partial charge in [0.15, 0.2) is 0 Å². The quantitative estimate of drug-likeness (QED) is 0.714. The van der Waals surface area contributed by atoms with Crippen LogP contribution in [0.2, 0.25) is 0 Å². The van der Waals surface area contributed by atoms with Crippen molar-refractivity contribution in [1.29, 1.82) is 0 Å². The molecule has 24 heavy (non-hydrogen) atoms. The highest BCUT2D eigenvalue weighted by molar-refractivity contribution is 7.10. The Morgan fingerprint density at radius 3 is 2.62 bits per heavy atom. The molecule has 0 spiro atoms. The Kier molecular flexibility index (Phi) is 5.39. The van der Waals surface area contributed by atoms with Crippen LogP contribution in [0, 0.1) is 0 Å². The summed E-state index contributed by atoms with van der Waals surface area (Å²) in [4.78, 5) is 17.7. The normalized spacial score (nSPS) is 11.9. The lowest BCUT2D eigenvalue weighted by Crippen LogP contribution is -2.28. The van der Waals surface area contributed by atoms with Gasteiger partial charge in [-0.15, -0.1) is 11.3 Å². The smallest absolute Gasteiger partial charge is 0.253 e. The van der Waals surface area contributed by atoms with Gasteiger partial charge in [0.05, 0.1) is 11.6 Å². The number of rotatable bonds is 6. The molecule has 0 saturated heterocycles. The van der Waals surface area contributed by atoms with E-state index in [0.717, 1.165) is 23.3 Å². The fourth-order valence-corrected chi connectivity index (χ4v) is 3.45. The van der Waals surface area contributed by atoms with Crippen molar-refractivity contribution in [3.05, 3.63) is 87.9 Å². The topological polar surface area (TPSA) is 42.0 Å². The van der Waals surface area contributed by atoms with E-state index in [1.807, 2.05) is 11.4 Å². The Morgan fingerprint density at radius 1 is 1.17 bits per heavy atom. The SMILES string of the molecule is CCCc1ccc(C(NC(=O)c2cccnc2)c2cccs2)cc1. The van der Waals surface area contributed by atoms with Crippen molar-refractivity contribution >= 4 is 17.2 Å². The summed E-state index contributed by atoms with van der Waals surface area (Å²) in [6.45, 7) is 2.18. The van der Waals surface area contributed by atoms with Gasteiger partial charge in [-0.2, -0.15) is 0 Å². The first-order valence-electron chi connectivity index (χ1n) is 8.11. The molecule has 1 amide bonds. The van der Waals surface area contributed by atoms with Crippen LogP contribution < -0.4 is 5.32 Å². The van der Waals surface area contributed by atoms with Crippen molar-refractivity contribution in [1.82, 2.24) is 10.3 Å². The van der Waals surface area contributed by atoms with E-state index in [-0.39, 0.29) is 11.9 Å². The standard InChI is InChI=1S/C20H20N2OS/c1-2-5-15-8-10-16(11-9-15)19(18-7-4-13-24-18)22-20(23)17-6-3-12-21-14-17/h3-4,6-14,19H,2,5H2,1H3,(H,22,23). The van der Waals surface area contributed by atoms with E-state index < -0.39 is 0 Å². The van der Waals surface area contributed by atoms with Crippen LogP contribution in [0.1, 0.15) is 45.7 Å². The number of nitrogens with one attached hydrogen (secondary N) is 1. The fourth-order valence-electron chi connectivity index (χ4n) is 2.65. The van der Waals surface area contributed by atoms with Crippen LogP contribution in [0.3, 0.4) is 0 Å². The number of hydrogen-bond donors (Lipinski definition) is 1. The molecule has 3 aromatic rings. The van der Waals surface area contributed by atoms with Crippen LogP contribution >= 0.6 is 11.3 Å². The van der Waals surface area contributed by atoms with E-state index in [1.165, 1.54) is 5.56 Å². The average molecular weight is 336 g/mol. The van der Waals surface area contributed by atoms with Crippen molar-refractivity contribution in [3.63, 3.8) is 0 Å². The van der Waals surface area contributed by atoms with Gasteiger partial charge < -0.3 is 5.32 Å². The second-order valence-corrected chi connectivity index (χ2v) is 6.63. The summed E-state index contributed by atoms with van der Waals surface area (Å²) in [5.41, 5.74) is 2.99. The lowest BCUT2D eigenvalue weighted by molar-refractivity contribution is 0.0943. The van der Waals surface area contributed by atoms with Crippen LogP contribution in [-0.2, 0) is 6.42 Å². The Hall–Kier alpha value is -2.46. The highest BCUT2D eigenvalue weighted by Gasteiger charge is 2.18. The largest absolute Gasteiger partial charge is 0.340 e. The van der Waals surface area contributed by atoms with Gasteiger partial charge in [-0.05, 0) is 41.1 Å². The first-order chi connectivity index (χ1) is 11.8. The molecule has 4 heteroatoms. The molecule has 1 aromatic carbocycles. The van der Waals surface area contributed by atoms with Crippen molar-refractivity contribution in [3.8, 4) is 0 Å². The first-order valence-corrected chi connectivity index (χ1v) is 8.99. The number of pyridine rings is 1. The first kappa shape index (κ1) is 16.4. The Bertz CT molecular complexity index is 767. The lowest BCUT2D eigenvalue weighted by atomic mass is 10.0. The van der Waals surface area contributed by atoms with Crippen molar-refractivity contribution in [2.24, 2.45) is 0 Å². The number of carbonyl (C=O) groups excluding carboxylic acids is 1. The van der Waals surface area contributed by atoms with Crippen LogP contribution in [0.25, 0.3) is 0 Å². The maximum absolute atomic E-state index is 12.5. The maximum Gasteiger partial charge on any atom is 0.253 e. The van der Waals surface area contributed by atoms with Crippen molar-refractivity contribution in [2.45, 2.75) is 25.8 Å². The monoisotopic (exact) mass is 336 g/mol. The molecule has 1 atom stereocenters. The molecule has 2 heterocycles. The molecule has 1 unspecified atom stereocenters. The van der Waals surface area contributed by atoms with Gasteiger partial charge in [-0.3, -0.25) is 9.78 Å². The Labute approximate surface area is 146 Å². The van der Waals surface area contributed by atoms with Gasteiger partial charge in [-0.1, -0.05) is 43.7 Å². The molecule has 0 saturated carbocycles. The Balaban J connectivity index is 1.86. The second kappa shape index (κ2) is 7.88. The predicted molar refractivity (Wildman–Crippen MR) is 98.3 cm³/mol. The number of nitrogens with zero attached hydrogens (tertiary/aromatic N) is 1. The number of thiophene rings is 1. The summed E-state index contributed by atoms with van der Waals surface area (Å²) < 4.78 is 0. The maximum atomic E-state index is 12.5. The summed E-state index contributed by atoms with van der Waals surface area (Å²) >= 11 is 1.65. The van der Waals surface area contributed by atoms with Gasteiger partial charge >= 0.3 is 0 Å². The molecule has 3 rings (SSSR count). The van der Waals surface area contributed by atoms with Crippen LogP contribution in [0.15, 0.2) is 66.3 Å². The minimum Gasteiger partial charge on any atom is -0.340 e. The molecule has 1 N–H and O–H groups in total. The number of carbonyl (C=O) groups is 1. The number of benzene rings is 1. The third-order valence-corrected chi connectivity index (χ3v) is 4.82. The van der Waals surface area contributed by atoms with Gasteiger partial charge in [-0.25, -0.2) is 0 Å². The Morgan fingerprint density at radius 2 is 2.00 bits per heavy atom. The molecule has 2 aromatic heterocycles. The minimum atomic E-state index is -0.145. The highest BCUT2D eigenvalue weighted by atomic mass is 32.1. The van der Waals surface area contributed by atoms with Crippen LogP contribution in [0.5, 0.6) is 0 Å². The number of hydrogen-bond acceptors (Lipinski definition) is 3. The fraction of sp³-hybridized carbons (Fsp3) is 0.200. The number of aromatic nitrogens is 1. The molecule has 0 aliphatic carbocycles. The summed E-state index contributed by atoms with van der Waals surface area (Å²) in [5, 5.41) is 5.17.